The summed E-state index contributed by atoms with van der Waals surface area (Å²) in [7, 11) is 0. The van der Waals surface area contributed by atoms with Crippen LogP contribution in [0.25, 0.3) is 10.9 Å². The normalized spacial score (nSPS) is 10.8. The number of aryl methyl sites for hydroxylation is 1. The maximum Gasteiger partial charge on any atom is 0.251 e. The molecule has 2 aromatic carbocycles. The summed E-state index contributed by atoms with van der Waals surface area (Å²) in [5.41, 5.74) is 3.79. The van der Waals surface area contributed by atoms with Crippen molar-refractivity contribution >= 4 is 16.8 Å². The van der Waals surface area contributed by atoms with Crippen LogP contribution in [0, 0.1) is 19.7 Å². The number of pyridine rings is 2. The summed E-state index contributed by atoms with van der Waals surface area (Å²) in [5.74, 6) is 0.565. The number of amides is 1. The highest BCUT2D eigenvalue weighted by atomic mass is 19.1. The van der Waals surface area contributed by atoms with Crippen molar-refractivity contribution in [3.63, 3.8) is 0 Å². The van der Waals surface area contributed by atoms with Crippen molar-refractivity contribution in [2.24, 2.45) is 0 Å². The van der Waals surface area contributed by atoms with E-state index in [2.05, 4.69) is 15.3 Å². The van der Waals surface area contributed by atoms with E-state index in [0.717, 1.165) is 11.1 Å². The first-order chi connectivity index (χ1) is 14.5. The Bertz CT molecular complexity index is 1240. The summed E-state index contributed by atoms with van der Waals surface area (Å²) in [4.78, 5) is 21.0. The molecule has 0 fully saturated rings. The molecule has 0 aliphatic heterocycles. The molecule has 30 heavy (non-hydrogen) atoms. The molecule has 1 amide bonds. The Balaban J connectivity index is 1.58. The van der Waals surface area contributed by atoms with E-state index in [1.54, 1.807) is 48.9 Å². The minimum absolute atomic E-state index is 0.184. The number of ether oxygens (including phenoxy) is 1. The average molecular weight is 401 g/mol. The fraction of sp³-hybridized carbons (Fsp3) is 0.125. The summed E-state index contributed by atoms with van der Waals surface area (Å²) in [5, 5.41) is 3.65. The smallest absolute Gasteiger partial charge is 0.251 e. The number of hydrogen-bond donors (Lipinski definition) is 1. The lowest BCUT2D eigenvalue weighted by Gasteiger charge is -2.14. The molecule has 0 aliphatic rings. The van der Waals surface area contributed by atoms with Crippen molar-refractivity contribution in [2.45, 2.75) is 20.4 Å². The second-order valence-electron chi connectivity index (χ2n) is 6.99. The fourth-order valence-electron chi connectivity index (χ4n) is 3.24. The molecule has 2 aromatic heterocycles. The molecule has 0 saturated heterocycles. The average Bonchev–Trinajstić information content (AvgIpc) is 2.74. The summed E-state index contributed by atoms with van der Waals surface area (Å²) in [6, 6.07) is 13.3. The number of nitrogens with one attached hydrogen (secondary N) is 1. The van der Waals surface area contributed by atoms with Crippen LogP contribution in [0.15, 0.2) is 67.1 Å². The molecule has 4 aromatic rings. The van der Waals surface area contributed by atoms with Gasteiger partial charge in [-0.05, 0) is 61.4 Å². The van der Waals surface area contributed by atoms with Gasteiger partial charge in [0.25, 0.3) is 5.91 Å². The van der Waals surface area contributed by atoms with Crippen LogP contribution < -0.4 is 10.1 Å². The van der Waals surface area contributed by atoms with Crippen molar-refractivity contribution in [3.05, 3.63) is 95.2 Å². The number of rotatable bonds is 5. The van der Waals surface area contributed by atoms with Gasteiger partial charge in [0, 0.05) is 47.7 Å². The predicted octanol–water partition coefficient (Wildman–Crippen LogP) is 5.11. The number of fused-ring (bicyclic) bond motifs is 1. The van der Waals surface area contributed by atoms with Gasteiger partial charge in [-0.1, -0.05) is 6.07 Å². The first-order valence-corrected chi connectivity index (χ1v) is 9.52. The molecule has 6 heteroatoms. The van der Waals surface area contributed by atoms with Crippen LogP contribution in [-0.4, -0.2) is 15.9 Å². The molecule has 5 nitrogen and oxygen atoms in total. The zero-order valence-electron chi connectivity index (χ0n) is 16.6. The summed E-state index contributed by atoms with van der Waals surface area (Å²) in [6.07, 6.45) is 5.05. The minimum atomic E-state index is -0.355. The van der Waals surface area contributed by atoms with Crippen LogP contribution >= 0.6 is 0 Å². The highest BCUT2D eigenvalue weighted by molar-refractivity contribution is 5.96. The number of benzene rings is 2. The lowest BCUT2D eigenvalue weighted by atomic mass is 10.1. The van der Waals surface area contributed by atoms with Crippen LogP contribution in [0.4, 0.5) is 4.39 Å². The monoisotopic (exact) mass is 401 g/mol. The Hall–Kier alpha value is -3.80. The van der Waals surface area contributed by atoms with E-state index in [-0.39, 0.29) is 11.7 Å². The Kier molecular flexibility index (Phi) is 5.39. The largest absolute Gasteiger partial charge is 0.456 e. The van der Waals surface area contributed by atoms with Gasteiger partial charge in [0.1, 0.15) is 17.3 Å². The van der Waals surface area contributed by atoms with Gasteiger partial charge in [-0.25, -0.2) is 4.39 Å². The molecule has 2 heterocycles. The van der Waals surface area contributed by atoms with E-state index in [4.69, 9.17) is 4.74 Å². The van der Waals surface area contributed by atoms with E-state index in [1.807, 2.05) is 19.9 Å². The number of hydrogen-bond acceptors (Lipinski definition) is 4. The van der Waals surface area contributed by atoms with Gasteiger partial charge in [-0.15, -0.1) is 0 Å². The first-order valence-electron chi connectivity index (χ1n) is 9.52. The van der Waals surface area contributed by atoms with Crippen LogP contribution in [-0.2, 0) is 6.54 Å². The van der Waals surface area contributed by atoms with Gasteiger partial charge in [0.2, 0.25) is 0 Å². The predicted molar refractivity (Wildman–Crippen MR) is 113 cm³/mol. The highest BCUT2D eigenvalue weighted by Crippen LogP contribution is 2.32. The van der Waals surface area contributed by atoms with E-state index in [1.165, 1.54) is 12.1 Å². The maximum atomic E-state index is 13.5. The van der Waals surface area contributed by atoms with Gasteiger partial charge < -0.3 is 10.1 Å². The molecule has 0 saturated carbocycles. The molecule has 0 spiro atoms. The fourth-order valence-corrected chi connectivity index (χ4v) is 3.24. The summed E-state index contributed by atoms with van der Waals surface area (Å²) in [6.45, 7) is 4.21. The molecule has 0 bridgehead atoms. The molecule has 0 unspecified atom stereocenters. The first kappa shape index (κ1) is 19.5. The quantitative estimate of drug-likeness (QED) is 0.505. The Morgan fingerprint density at radius 1 is 1.07 bits per heavy atom. The third-order valence-corrected chi connectivity index (χ3v) is 4.99. The van der Waals surface area contributed by atoms with Crippen molar-refractivity contribution in [2.75, 3.05) is 0 Å². The van der Waals surface area contributed by atoms with E-state index >= 15 is 0 Å². The summed E-state index contributed by atoms with van der Waals surface area (Å²) < 4.78 is 19.6. The molecule has 4 rings (SSSR count). The number of nitrogens with zero attached hydrogens (tertiary/aromatic N) is 2. The van der Waals surface area contributed by atoms with Crippen LogP contribution in [0.2, 0.25) is 0 Å². The van der Waals surface area contributed by atoms with Crippen LogP contribution in [0.1, 0.15) is 27.0 Å². The number of halogens is 1. The Morgan fingerprint density at radius 3 is 2.77 bits per heavy atom. The molecular weight excluding hydrogens is 381 g/mol. The number of aromatic nitrogens is 2. The zero-order chi connectivity index (χ0) is 21.1. The van der Waals surface area contributed by atoms with Crippen molar-refractivity contribution in [3.8, 4) is 11.5 Å². The maximum absolute atomic E-state index is 13.5. The zero-order valence-corrected chi connectivity index (χ0v) is 16.6. The van der Waals surface area contributed by atoms with Gasteiger partial charge in [0.15, 0.2) is 0 Å². The highest BCUT2D eigenvalue weighted by Gasteiger charge is 2.14. The van der Waals surface area contributed by atoms with Gasteiger partial charge in [-0.2, -0.15) is 0 Å². The molecule has 0 aliphatic carbocycles. The SMILES string of the molecule is Cc1cnccc1CNC(=O)c1cccc(Oc2ccnc3cc(F)ccc23)c1C. The second-order valence-corrected chi connectivity index (χ2v) is 6.99. The van der Waals surface area contributed by atoms with Crippen LogP contribution in [0.5, 0.6) is 11.5 Å². The molecule has 150 valence electrons. The topological polar surface area (TPSA) is 64.1 Å². The van der Waals surface area contributed by atoms with E-state index in [0.29, 0.717) is 40.1 Å². The minimum Gasteiger partial charge on any atom is -0.456 e. The van der Waals surface area contributed by atoms with Crippen LogP contribution in [0.3, 0.4) is 0 Å². The van der Waals surface area contributed by atoms with Gasteiger partial charge in [-0.3, -0.25) is 14.8 Å². The number of carbonyl (C=O) groups is 1. The van der Waals surface area contributed by atoms with E-state index < -0.39 is 0 Å². The Morgan fingerprint density at radius 2 is 1.93 bits per heavy atom. The van der Waals surface area contributed by atoms with E-state index in [9.17, 15) is 9.18 Å². The molecule has 0 atom stereocenters. The van der Waals surface area contributed by atoms with Gasteiger partial charge >= 0.3 is 0 Å². The molecule has 0 radical (unpaired) electrons. The second kappa shape index (κ2) is 8.29. The standard InChI is InChI=1S/C24H20FN3O2/c1-15-13-26-10-8-17(15)14-28-24(29)19-4-3-5-22(16(19)2)30-23-9-11-27-21-12-18(25)6-7-20(21)23/h3-13H,14H2,1-2H3,(H,28,29). The van der Waals surface area contributed by atoms with Crippen molar-refractivity contribution in [1.29, 1.82) is 0 Å². The van der Waals surface area contributed by atoms with Crippen molar-refractivity contribution in [1.82, 2.24) is 15.3 Å². The Labute approximate surface area is 173 Å². The lowest BCUT2D eigenvalue weighted by Crippen LogP contribution is -2.24. The number of carbonyl (C=O) groups excluding carboxylic acids is 1. The third-order valence-electron chi connectivity index (χ3n) is 4.99. The summed E-state index contributed by atoms with van der Waals surface area (Å²) >= 11 is 0. The van der Waals surface area contributed by atoms with Crippen molar-refractivity contribution < 1.29 is 13.9 Å². The lowest BCUT2D eigenvalue weighted by molar-refractivity contribution is 0.0950. The third kappa shape index (κ3) is 3.98. The molecular formula is C24H20FN3O2. The molecule has 1 N–H and O–H groups in total. The van der Waals surface area contributed by atoms with Gasteiger partial charge in [0.05, 0.1) is 5.52 Å².